The molecule has 0 unspecified atom stereocenters. The zero-order valence-electron chi connectivity index (χ0n) is 17.3. The molecule has 1 aliphatic heterocycles. The summed E-state index contributed by atoms with van der Waals surface area (Å²) in [6.45, 7) is 11.6. The minimum atomic E-state index is 0.00980. The van der Waals surface area contributed by atoms with Crippen molar-refractivity contribution in [2.45, 2.75) is 65.8 Å². The molecular formula is C20H28N6OS. The summed E-state index contributed by atoms with van der Waals surface area (Å²) >= 11 is 1.75. The normalized spacial score (nSPS) is 18.8. The van der Waals surface area contributed by atoms with Crippen LogP contribution in [-0.4, -0.2) is 48.0 Å². The van der Waals surface area contributed by atoms with Gasteiger partial charge in [-0.1, -0.05) is 0 Å². The number of hydrogen-bond donors (Lipinski definition) is 0. The molecule has 0 aliphatic carbocycles. The Morgan fingerprint density at radius 2 is 2.04 bits per heavy atom. The van der Waals surface area contributed by atoms with Crippen molar-refractivity contribution in [2.24, 2.45) is 0 Å². The second-order valence-corrected chi connectivity index (χ2v) is 8.80. The summed E-state index contributed by atoms with van der Waals surface area (Å²) in [4.78, 5) is 25.5. The molecule has 4 heterocycles. The summed E-state index contributed by atoms with van der Waals surface area (Å²) in [5.41, 5.74) is 2.39. The number of nitrogens with zero attached hydrogens (tertiary/aromatic N) is 6. The van der Waals surface area contributed by atoms with Crippen molar-refractivity contribution in [1.29, 1.82) is 0 Å². The molecule has 0 aromatic carbocycles. The Kier molecular flexibility index (Phi) is 4.99. The molecule has 0 saturated carbocycles. The molecule has 0 bridgehead atoms. The number of thiazole rings is 1. The quantitative estimate of drug-likeness (QED) is 0.671. The molecule has 1 saturated heterocycles. The number of likely N-dealkylation sites (tertiary alicyclic amines) is 1. The first-order chi connectivity index (χ1) is 13.3. The van der Waals surface area contributed by atoms with Crippen LogP contribution in [0.25, 0.3) is 4.83 Å². The molecule has 0 spiro atoms. The van der Waals surface area contributed by atoms with Gasteiger partial charge in [-0.3, -0.25) is 9.20 Å². The lowest BCUT2D eigenvalue weighted by atomic mass is 9.95. The number of imidazole rings is 1. The summed E-state index contributed by atoms with van der Waals surface area (Å²) in [7, 11) is 0. The largest absolute Gasteiger partial charge is 0.342 e. The maximum absolute atomic E-state index is 13.0. The van der Waals surface area contributed by atoms with E-state index in [-0.39, 0.29) is 11.9 Å². The predicted octanol–water partition coefficient (Wildman–Crippen LogP) is 3.58. The molecule has 150 valence electrons. The summed E-state index contributed by atoms with van der Waals surface area (Å²) < 4.78 is 4.10. The summed E-state index contributed by atoms with van der Waals surface area (Å²) in [5, 5.41) is 6.62. The first-order valence-electron chi connectivity index (χ1n) is 9.95. The van der Waals surface area contributed by atoms with Crippen LogP contribution in [0, 0.1) is 27.7 Å². The molecule has 7 nitrogen and oxygen atoms in total. The van der Waals surface area contributed by atoms with E-state index in [1.54, 1.807) is 11.3 Å². The van der Waals surface area contributed by atoms with Gasteiger partial charge in [0, 0.05) is 36.5 Å². The first-order valence-corrected chi connectivity index (χ1v) is 10.8. The molecule has 2 atom stereocenters. The molecular weight excluding hydrogens is 372 g/mol. The highest BCUT2D eigenvalue weighted by Crippen LogP contribution is 2.33. The lowest BCUT2D eigenvalue weighted by Crippen LogP contribution is -2.40. The summed E-state index contributed by atoms with van der Waals surface area (Å²) in [5.74, 6) is 3.15. The van der Waals surface area contributed by atoms with Gasteiger partial charge in [0.05, 0.1) is 11.7 Å². The molecule has 3 aromatic rings. The van der Waals surface area contributed by atoms with Gasteiger partial charge in [0.15, 0.2) is 0 Å². The molecule has 28 heavy (non-hydrogen) atoms. The molecule has 1 aliphatic rings. The number of fused-ring (bicyclic) bond motifs is 1. The van der Waals surface area contributed by atoms with E-state index in [4.69, 9.17) is 4.98 Å². The zero-order valence-corrected chi connectivity index (χ0v) is 18.1. The van der Waals surface area contributed by atoms with Crippen LogP contribution in [0.5, 0.6) is 0 Å². The van der Waals surface area contributed by atoms with Crippen molar-refractivity contribution in [2.75, 3.05) is 13.1 Å². The van der Waals surface area contributed by atoms with Crippen LogP contribution in [0.4, 0.5) is 0 Å². The van der Waals surface area contributed by atoms with E-state index in [0.29, 0.717) is 12.3 Å². The predicted molar refractivity (Wildman–Crippen MR) is 110 cm³/mol. The van der Waals surface area contributed by atoms with E-state index in [9.17, 15) is 4.79 Å². The van der Waals surface area contributed by atoms with Gasteiger partial charge in [0.25, 0.3) is 0 Å². The topological polar surface area (TPSA) is 68.3 Å². The fourth-order valence-electron chi connectivity index (χ4n) is 4.37. The Hall–Kier alpha value is -2.22. The van der Waals surface area contributed by atoms with Crippen molar-refractivity contribution < 1.29 is 4.79 Å². The fourth-order valence-corrected chi connectivity index (χ4v) is 5.47. The van der Waals surface area contributed by atoms with Crippen LogP contribution >= 0.6 is 11.3 Å². The highest BCUT2D eigenvalue weighted by atomic mass is 32.1. The Morgan fingerprint density at radius 3 is 2.75 bits per heavy atom. The van der Waals surface area contributed by atoms with Crippen molar-refractivity contribution >= 4 is 22.1 Å². The van der Waals surface area contributed by atoms with E-state index in [1.165, 1.54) is 10.5 Å². The van der Waals surface area contributed by atoms with Crippen LogP contribution in [0.1, 0.15) is 67.0 Å². The summed E-state index contributed by atoms with van der Waals surface area (Å²) in [6.07, 6.45) is 2.56. The third-order valence-corrected chi connectivity index (χ3v) is 6.75. The maximum Gasteiger partial charge on any atom is 0.224 e. The molecule has 3 aromatic heterocycles. The molecule has 0 radical (unpaired) electrons. The first kappa shape index (κ1) is 19.1. The Bertz CT molecular complexity index is 1020. The highest BCUT2D eigenvalue weighted by molar-refractivity contribution is 7.15. The minimum Gasteiger partial charge on any atom is -0.342 e. The minimum absolute atomic E-state index is 0.00980. The Morgan fingerprint density at radius 1 is 1.25 bits per heavy atom. The van der Waals surface area contributed by atoms with Crippen LogP contribution in [0.3, 0.4) is 0 Å². The smallest absolute Gasteiger partial charge is 0.224 e. The molecule has 8 heteroatoms. The molecule has 4 rings (SSSR count). The number of piperidine rings is 1. The van der Waals surface area contributed by atoms with Crippen molar-refractivity contribution in [1.82, 2.24) is 29.0 Å². The highest BCUT2D eigenvalue weighted by Gasteiger charge is 2.29. The van der Waals surface area contributed by atoms with Gasteiger partial charge in [-0.2, -0.15) is 5.10 Å². The number of rotatable bonds is 4. The van der Waals surface area contributed by atoms with Gasteiger partial charge >= 0.3 is 0 Å². The van der Waals surface area contributed by atoms with Crippen LogP contribution in [-0.2, 0) is 4.79 Å². The maximum atomic E-state index is 13.0. The number of aromatic nitrogens is 5. The summed E-state index contributed by atoms with van der Waals surface area (Å²) in [6, 6.07) is 0.00980. The van der Waals surface area contributed by atoms with E-state index >= 15 is 0 Å². The van der Waals surface area contributed by atoms with Crippen molar-refractivity contribution in [3.05, 3.63) is 34.2 Å². The number of aryl methyl sites for hydroxylation is 4. The standard InChI is InChI=1S/C20H28N6OS/c1-12(26-16(5)21-14(3)23-26)9-18(27)24-8-6-7-17(10-24)19-20-25(15(4)22-19)13(2)11-28-20/h11-12,17H,6-10H2,1-5H3/t12-,17+/m0/s1. The van der Waals surface area contributed by atoms with Gasteiger partial charge in [-0.05, 0) is 47.5 Å². The van der Waals surface area contributed by atoms with E-state index in [0.717, 1.165) is 49.1 Å². The molecule has 1 fully saturated rings. The van der Waals surface area contributed by atoms with E-state index in [1.807, 2.05) is 30.4 Å². The van der Waals surface area contributed by atoms with Crippen molar-refractivity contribution in [3.8, 4) is 0 Å². The third-order valence-electron chi connectivity index (χ3n) is 5.68. The number of amides is 1. The monoisotopic (exact) mass is 400 g/mol. The van der Waals surface area contributed by atoms with Crippen molar-refractivity contribution in [3.63, 3.8) is 0 Å². The van der Waals surface area contributed by atoms with Gasteiger partial charge in [-0.25, -0.2) is 14.6 Å². The number of carbonyl (C=O) groups is 1. The van der Waals surface area contributed by atoms with Gasteiger partial charge in [0.2, 0.25) is 5.91 Å². The average molecular weight is 401 g/mol. The Labute approximate surface area is 169 Å². The number of hydrogen-bond acceptors (Lipinski definition) is 5. The Balaban J connectivity index is 1.48. The third kappa shape index (κ3) is 3.34. The molecule has 0 N–H and O–H groups in total. The van der Waals surface area contributed by atoms with Gasteiger partial charge in [-0.15, -0.1) is 11.3 Å². The van der Waals surface area contributed by atoms with Crippen LogP contribution in [0.15, 0.2) is 5.38 Å². The molecule has 1 amide bonds. The van der Waals surface area contributed by atoms with Gasteiger partial charge in [0.1, 0.15) is 22.3 Å². The van der Waals surface area contributed by atoms with Crippen LogP contribution in [0.2, 0.25) is 0 Å². The van der Waals surface area contributed by atoms with E-state index < -0.39 is 0 Å². The SMILES string of the molecule is Cc1nc(C)n([C@@H](C)CC(=O)N2CCC[C@@H](c3nc(C)n4c(C)csc34)C2)n1. The van der Waals surface area contributed by atoms with Gasteiger partial charge < -0.3 is 4.90 Å². The second-order valence-electron chi connectivity index (χ2n) is 7.94. The van der Waals surface area contributed by atoms with Crippen LogP contribution < -0.4 is 0 Å². The zero-order chi connectivity index (χ0) is 20.0. The fraction of sp³-hybridized carbons (Fsp3) is 0.600. The number of carbonyl (C=O) groups excluding carboxylic acids is 1. The lowest BCUT2D eigenvalue weighted by Gasteiger charge is -2.33. The second kappa shape index (κ2) is 7.31. The van der Waals surface area contributed by atoms with E-state index in [2.05, 4.69) is 33.7 Å². The average Bonchev–Trinajstić information content (AvgIpc) is 3.31. The lowest BCUT2D eigenvalue weighted by molar-refractivity contribution is -0.133.